The van der Waals surface area contributed by atoms with Crippen LogP contribution >= 0.6 is 0 Å². The van der Waals surface area contributed by atoms with Crippen LogP contribution in [0.1, 0.15) is 18.3 Å². The smallest absolute Gasteiger partial charge is 0.139 e. The third-order valence-electron chi connectivity index (χ3n) is 4.04. The summed E-state index contributed by atoms with van der Waals surface area (Å²) >= 11 is 0. The number of allylic oxidation sites excluding steroid dienone is 1. The lowest BCUT2D eigenvalue weighted by Crippen LogP contribution is -1.99. The number of benzene rings is 2. The first-order chi connectivity index (χ1) is 11.8. The average molecular weight is 311 g/mol. The van der Waals surface area contributed by atoms with Gasteiger partial charge < -0.3 is 0 Å². The van der Waals surface area contributed by atoms with Crippen LogP contribution in [0, 0.1) is 0 Å². The van der Waals surface area contributed by atoms with Gasteiger partial charge in [-0.2, -0.15) is 0 Å². The van der Waals surface area contributed by atoms with Crippen molar-refractivity contribution in [3.63, 3.8) is 0 Å². The second-order valence-electron chi connectivity index (χ2n) is 5.68. The number of hydrogen-bond acceptors (Lipinski definition) is 2. The molecule has 0 atom stereocenters. The van der Waals surface area contributed by atoms with Gasteiger partial charge in [0.25, 0.3) is 0 Å². The molecule has 0 radical (unpaired) electrons. The van der Waals surface area contributed by atoms with Gasteiger partial charge in [-0.3, -0.25) is 4.57 Å². The van der Waals surface area contributed by atoms with Crippen molar-refractivity contribution >= 4 is 22.7 Å². The van der Waals surface area contributed by atoms with E-state index in [1.54, 1.807) is 0 Å². The van der Waals surface area contributed by atoms with E-state index < -0.39 is 0 Å². The van der Waals surface area contributed by atoms with Crippen LogP contribution in [0.3, 0.4) is 0 Å². The minimum Gasteiger partial charge on any atom is -0.277 e. The molecular weight excluding hydrogens is 294 g/mol. The van der Waals surface area contributed by atoms with Crippen molar-refractivity contribution in [3.8, 4) is 5.82 Å². The van der Waals surface area contributed by atoms with E-state index in [2.05, 4.69) is 52.9 Å². The fourth-order valence-corrected chi connectivity index (χ4v) is 2.85. The van der Waals surface area contributed by atoms with E-state index >= 15 is 0 Å². The highest BCUT2D eigenvalue weighted by Crippen LogP contribution is 2.24. The summed E-state index contributed by atoms with van der Waals surface area (Å²) in [5, 5.41) is 0. The van der Waals surface area contributed by atoms with E-state index in [0.29, 0.717) is 0 Å². The van der Waals surface area contributed by atoms with Gasteiger partial charge >= 0.3 is 0 Å². The number of aromatic nitrogens is 3. The lowest BCUT2D eigenvalue weighted by molar-refractivity contribution is 1.00. The Bertz CT molecular complexity index is 999. The molecule has 0 aliphatic rings. The molecule has 2 aromatic carbocycles. The Kier molecular flexibility index (Phi) is 3.67. The lowest BCUT2D eigenvalue weighted by Gasteiger charge is -2.07. The molecule has 0 amide bonds. The molecule has 24 heavy (non-hydrogen) atoms. The highest BCUT2D eigenvalue weighted by molar-refractivity contribution is 5.84. The van der Waals surface area contributed by atoms with Crippen molar-refractivity contribution in [1.29, 1.82) is 0 Å². The molecule has 3 nitrogen and oxygen atoms in total. The first kappa shape index (κ1) is 14.4. The molecule has 0 bridgehead atoms. The zero-order chi connectivity index (χ0) is 16.4. The standard InChI is InChI=1S/C21H17N3/c1-16(17-9-3-2-4-10-17)15-21-23-18-11-5-6-12-19(18)24(21)20-13-7-8-14-22-20/h2-15H,1H3/b16-15+. The molecule has 0 aliphatic carbocycles. The minimum atomic E-state index is 0.873. The number of hydrogen-bond donors (Lipinski definition) is 0. The predicted octanol–water partition coefficient (Wildman–Crippen LogP) is 4.98. The fourth-order valence-electron chi connectivity index (χ4n) is 2.85. The van der Waals surface area contributed by atoms with Gasteiger partial charge in [-0.1, -0.05) is 48.5 Å². The first-order valence-corrected chi connectivity index (χ1v) is 7.95. The van der Waals surface area contributed by atoms with Gasteiger partial charge in [0.05, 0.1) is 11.0 Å². The molecular formula is C21H17N3. The van der Waals surface area contributed by atoms with Crippen molar-refractivity contribution in [2.45, 2.75) is 6.92 Å². The molecule has 4 rings (SSSR count). The Labute approximate surface area is 140 Å². The van der Waals surface area contributed by atoms with E-state index in [-0.39, 0.29) is 0 Å². The summed E-state index contributed by atoms with van der Waals surface area (Å²) in [5.41, 5.74) is 4.39. The van der Waals surface area contributed by atoms with Crippen LogP contribution in [0.15, 0.2) is 79.0 Å². The summed E-state index contributed by atoms with van der Waals surface area (Å²) in [6.45, 7) is 2.11. The molecule has 0 N–H and O–H groups in total. The van der Waals surface area contributed by atoms with Gasteiger partial charge in [0, 0.05) is 6.20 Å². The van der Waals surface area contributed by atoms with Crippen LogP contribution < -0.4 is 0 Å². The Morgan fingerprint density at radius 1 is 0.875 bits per heavy atom. The second-order valence-corrected chi connectivity index (χ2v) is 5.68. The number of nitrogens with zero attached hydrogens (tertiary/aromatic N) is 3. The Hall–Kier alpha value is -3.20. The molecule has 4 aromatic rings. The predicted molar refractivity (Wildman–Crippen MR) is 98.9 cm³/mol. The third kappa shape index (κ3) is 2.61. The van der Waals surface area contributed by atoms with Gasteiger partial charge in [-0.15, -0.1) is 0 Å². The van der Waals surface area contributed by atoms with Crippen LogP contribution in [0.5, 0.6) is 0 Å². The third-order valence-corrected chi connectivity index (χ3v) is 4.04. The van der Waals surface area contributed by atoms with Gasteiger partial charge in [0.15, 0.2) is 0 Å². The van der Waals surface area contributed by atoms with Crippen LogP contribution in [-0.2, 0) is 0 Å². The van der Waals surface area contributed by atoms with E-state index in [0.717, 1.165) is 22.7 Å². The minimum absolute atomic E-state index is 0.873. The monoisotopic (exact) mass is 311 g/mol. The highest BCUT2D eigenvalue weighted by atomic mass is 15.1. The molecule has 3 heteroatoms. The van der Waals surface area contributed by atoms with Gasteiger partial charge in [-0.05, 0) is 48.4 Å². The maximum absolute atomic E-state index is 4.80. The Balaban J connectivity index is 1.93. The molecule has 0 saturated heterocycles. The summed E-state index contributed by atoms with van der Waals surface area (Å²) in [5.74, 6) is 1.76. The average Bonchev–Trinajstić information content (AvgIpc) is 3.01. The normalized spacial score (nSPS) is 11.8. The van der Waals surface area contributed by atoms with E-state index in [1.165, 1.54) is 11.1 Å². The van der Waals surface area contributed by atoms with Gasteiger partial charge in [0.1, 0.15) is 11.6 Å². The summed E-state index contributed by atoms with van der Waals surface area (Å²) in [4.78, 5) is 9.31. The molecule has 0 saturated carbocycles. The first-order valence-electron chi connectivity index (χ1n) is 7.95. The van der Waals surface area contributed by atoms with Crippen LogP contribution in [0.25, 0.3) is 28.5 Å². The van der Waals surface area contributed by atoms with Crippen LogP contribution in [-0.4, -0.2) is 14.5 Å². The van der Waals surface area contributed by atoms with Crippen LogP contribution in [0.4, 0.5) is 0 Å². The lowest BCUT2D eigenvalue weighted by atomic mass is 10.1. The van der Waals surface area contributed by atoms with E-state index in [9.17, 15) is 0 Å². The molecule has 2 heterocycles. The summed E-state index contributed by atoms with van der Waals surface area (Å²) in [6, 6.07) is 24.4. The summed E-state index contributed by atoms with van der Waals surface area (Å²) in [7, 11) is 0. The zero-order valence-corrected chi connectivity index (χ0v) is 13.4. The van der Waals surface area contributed by atoms with Crippen molar-refractivity contribution in [1.82, 2.24) is 14.5 Å². The van der Waals surface area contributed by atoms with Crippen LogP contribution in [0.2, 0.25) is 0 Å². The number of rotatable bonds is 3. The second kappa shape index (κ2) is 6.13. The van der Waals surface area contributed by atoms with Crippen molar-refractivity contribution in [2.24, 2.45) is 0 Å². The number of para-hydroxylation sites is 2. The Morgan fingerprint density at radius 3 is 2.42 bits per heavy atom. The number of fused-ring (bicyclic) bond motifs is 1. The molecule has 0 fully saturated rings. The molecule has 0 spiro atoms. The Morgan fingerprint density at radius 2 is 1.62 bits per heavy atom. The maximum atomic E-state index is 4.80. The SMILES string of the molecule is C/C(=C\c1nc2ccccc2n1-c1ccccn1)c1ccccc1. The summed E-state index contributed by atoms with van der Waals surface area (Å²) < 4.78 is 2.10. The van der Waals surface area contributed by atoms with E-state index in [4.69, 9.17) is 4.98 Å². The fraction of sp³-hybridized carbons (Fsp3) is 0.0476. The largest absolute Gasteiger partial charge is 0.277 e. The summed E-state index contributed by atoms with van der Waals surface area (Å²) in [6.07, 6.45) is 3.92. The molecule has 116 valence electrons. The number of pyridine rings is 1. The number of imidazole rings is 1. The van der Waals surface area contributed by atoms with Crippen molar-refractivity contribution < 1.29 is 0 Å². The molecule has 0 unspecified atom stereocenters. The highest BCUT2D eigenvalue weighted by Gasteiger charge is 2.11. The van der Waals surface area contributed by atoms with Crippen molar-refractivity contribution in [2.75, 3.05) is 0 Å². The quantitative estimate of drug-likeness (QED) is 0.534. The van der Waals surface area contributed by atoms with Gasteiger partial charge in [-0.25, -0.2) is 9.97 Å². The zero-order valence-electron chi connectivity index (χ0n) is 13.4. The van der Waals surface area contributed by atoms with E-state index in [1.807, 2.05) is 48.7 Å². The molecule has 0 aliphatic heterocycles. The van der Waals surface area contributed by atoms with Gasteiger partial charge in [0.2, 0.25) is 0 Å². The topological polar surface area (TPSA) is 30.7 Å². The van der Waals surface area contributed by atoms with Crippen molar-refractivity contribution in [3.05, 3.63) is 90.4 Å². The molecule has 2 aromatic heterocycles. The maximum Gasteiger partial charge on any atom is 0.139 e.